The molecule has 1 aliphatic heterocycles. The van der Waals surface area contributed by atoms with E-state index in [0.717, 1.165) is 19.4 Å². The molecule has 2 N–H and O–H groups in total. The molecule has 1 amide bonds. The molecule has 3 rings (SSSR count). The molecule has 1 aromatic heterocycles. The van der Waals surface area contributed by atoms with E-state index in [9.17, 15) is 9.18 Å². The van der Waals surface area contributed by atoms with Gasteiger partial charge in [0.05, 0.1) is 11.3 Å². The molecule has 1 aliphatic rings. The van der Waals surface area contributed by atoms with Crippen LogP contribution in [-0.2, 0) is 0 Å². The van der Waals surface area contributed by atoms with Crippen molar-refractivity contribution < 1.29 is 9.18 Å². The van der Waals surface area contributed by atoms with Crippen molar-refractivity contribution in [1.29, 1.82) is 0 Å². The van der Waals surface area contributed by atoms with Gasteiger partial charge in [-0.15, -0.1) is 0 Å². The molecule has 1 atom stereocenters. The predicted molar refractivity (Wildman–Crippen MR) is 92.9 cm³/mol. The third-order valence-electron chi connectivity index (χ3n) is 4.23. The van der Waals surface area contributed by atoms with Crippen LogP contribution in [0, 0.1) is 5.82 Å². The Balaban J connectivity index is 1.75. The number of amides is 1. The summed E-state index contributed by atoms with van der Waals surface area (Å²) in [4.78, 5) is 18.3. The van der Waals surface area contributed by atoms with Crippen molar-refractivity contribution in [3.05, 3.63) is 54.0 Å². The van der Waals surface area contributed by atoms with Gasteiger partial charge in [0.2, 0.25) is 0 Å². The van der Waals surface area contributed by atoms with Crippen LogP contribution in [0.2, 0.25) is 0 Å². The molecule has 2 aromatic rings. The lowest BCUT2D eigenvalue weighted by atomic mass is 10.0. The number of rotatable bonds is 4. The van der Waals surface area contributed by atoms with Gasteiger partial charge < -0.3 is 15.5 Å². The van der Waals surface area contributed by atoms with Gasteiger partial charge in [-0.25, -0.2) is 9.37 Å². The van der Waals surface area contributed by atoms with Crippen molar-refractivity contribution in [2.24, 2.45) is 0 Å². The van der Waals surface area contributed by atoms with Crippen LogP contribution >= 0.6 is 0 Å². The maximum absolute atomic E-state index is 14.0. The fourth-order valence-corrected chi connectivity index (χ4v) is 3.05. The monoisotopic (exact) mass is 328 g/mol. The summed E-state index contributed by atoms with van der Waals surface area (Å²) in [6, 6.07) is 10.4. The lowest BCUT2D eigenvalue weighted by Gasteiger charge is -2.35. The Hall–Kier alpha value is -2.63. The number of anilines is 2. The summed E-state index contributed by atoms with van der Waals surface area (Å²) in [6.07, 6.45) is 3.56. The van der Waals surface area contributed by atoms with Crippen LogP contribution in [0.3, 0.4) is 0 Å². The van der Waals surface area contributed by atoms with E-state index < -0.39 is 0 Å². The zero-order valence-corrected chi connectivity index (χ0v) is 13.6. The van der Waals surface area contributed by atoms with Gasteiger partial charge in [-0.05, 0) is 37.1 Å². The highest BCUT2D eigenvalue weighted by atomic mass is 19.1. The van der Waals surface area contributed by atoms with E-state index in [-0.39, 0.29) is 17.8 Å². The van der Waals surface area contributed by atoms with Gasteiger partial charge in [0.1, 0.15) is 11.6 Å². The number of pyridine rings is 1. The maximum atomic E-state index is 14.0. The first kappa shape index (κ1) is 16.2. The highest BCUT2D eigenvalue weighted by molar-refractivity contribution is 5.98. The van der Waals surface area contributed by atoms with E-state index >= 15 is 0 Å². The summed E-state index contributed by atoms with van der Waals surface area (Å²) < 4.78 is 14.0. The SMILES string of the molecule is CNC(=O)c1cccnc1NC1CCCN(c2ccccc2F)C1. The molecule has 5 nitrogen and oxygen atoms in total. The van der Waals surface area contributed by atoms with Crippen molar-refractivity contribution in [3.63, 3.8) is 0 Å². The molecule has 1 unspecified atom stereocenters. The second kappa shape index (κ2) is 7.29. The Labute approximate surface area is 140 Å². The van der Waals surface area contributed by atoms with E-state index in [2.05, 4.69) is 15.6 Å². The van der Waals surface area contributed by atoms with Gasteiger partial charge >= 0.3 is 0 Å². The summed E-state index contributed by atoms with van der Waals surface area (Å²) in [7, 11) is 1.60. The van der Waals surface area contributed by atoms with Crippen LogP contribution in [0.1, 0.15) is 23.2 Å². The highest BCUT2D eigenvalue weighted by Gasteiger charge is 2.23. The zero-order chi connectivity index (χ0) is 16.9. The second-order valence-electron chi connectivity index (χ2n) is 5.86. The molecule has 0 spiro atoms. The number of nitrogens with zero attached hydrogens (tertiary/aromatic N) is 2. The Morgan fingerprint density at radius 2 is 2.12 bits per heavy atom. The number of aromatic nitrogens is 1. The van der Waals surface area contributed by atoms with E-state index in [4.69, 9.17) is 0 Å². The molecule has 24 heavy (non-hydrogen) atoms. The lowest BCUT2D eigenvalue weighted by Crippen LogP contribution is -2.43. The van der Waals surface area contributed by atoms with Gasteiger partial charge in [-0.3, -0.25) is 4.79 Å². The first-order valence-corrected chi connectivity index (χ1v) is 8.12. The minimum atomic E-state index is -0.206. The first-order valence-electron chi connectivity index (χ1n) is 8.12. The highest BCUT2D eigenvalue weighted by Crippen LogP contribution is 2.24. The number of hydrogen-bond donors (Lipinski definition) is 2. The Morgan fingerprint density at radius 3 is 2.92 bits per heavy atom. The summed E-state index contributed by atoms with van der Waals surface area (Å²) in [5.74, 6) is 0.187. The number of benzene rings is 1. The predicted octanol–water partition coefficient (Wildman–Crippen LogP) is 2.66. The molecular weight excluding hydrogens is 307 g/mol. The Bertz CT molecular complexity index is 722. The van der Waals surface area contributed by atoms with Crippen molar-refractivity contribution in [2.75, 3.05) is 30.4 Å². The van der Waals surface area contributed by atoms with Crippen LogP contribution in [0.4, 0.5) is 15.9 Å². The van der Waals surface area contributed by atoms with Gasteiger partial charge in [-0.1, -0.05) is 12.1 Å². The molecule has 1 aromatic carbocycles. The third kappa shape index (κ3) is 3.48. The van der Waals surface area contributed by atoms with Crippen molar-refractivity contribution in [2.45, 2.75) is 18.9 Å². The topological polar surface area (TPSA) is 57.3 Å². The minimum absolute atomic E-state index is 0.108. The average Bonchev–Trinajstić information content (AvgIpc) is 2.62. The van der Waals surface area contributed by atoms with E-state index in [1.54, 1.807) is 37.5 Å². The number of nitrogens with one attached hydrogen (secondary N) is 2. The summed E-state index contributed by atoms with van der Waals surface area (Å²) in [5, 5.41) is 5.97. The molecule has 126 valence electrons. The second-order valence-corrected chi connectivity index (χ2v) is 5.86. The molecule has 0 bridgehead atoms. The molecule has 0 aliphatic carbocycles. The number of carbonyl (C=O) groups excluding carboxylic acids is 1. The van der Waals surface area contributed by atoms with Gasteiger partial charge in [0, 0.05) is 32.4 Å². The molecule has 1 fully saturated rings. The number of piperidine rings is 1. The van der Waals surface area contributed by atoms with Crippen molar-refractivity contribution in [1.82, 2.24) is 10.3 Å². The van der Waals surface area contributed by atoms with Gasteiger partial charge in [-0.2, -0.15) is 0 Å². The smallest absolute Gasteiger partial charge is 0.254 e. The van der Waals surface area contributed by atoms with Crippen LogP contribution in [0.15, 0.2) is 42.6 Å². The number of para-hydroxylation sites is 1. The molecule has 1 saturated heterocycles. The number of halogens is 1. The first-order chi connectivity index (χ1) is 11.7. The van der Waals surface area contributed by atoms with Crippen LogP contribution < -0.4 is 15.5 Å². The van der Waals surface area contributed by atoms with E-state index in [1.165, 1.54) is 6.07 Å². The minimum Gasteiger partial charge on any atom is -0.367 e. The van der Waals surface area contributed by atoms with Crippen LogP contribution in [0.25, 0.3) is 0 Å². The van der Waals surface area contributed by atoms with Crippen LogP contribution in [0.5, 0.6) is 0 Å². The average molecular weight is 328 g/mol. The van der Waals surface area contributed by atoms with E-state index in [0.29, 0.717) is 23.6 Å². The molecule has 2 heterocycles. The third-order valence-corrected chi connectivity index (χ3v) is 4.23. The molecule has 6 heteroatoms. The summed E-state index contributed by atoms with van der Waals surface area (Å²) in [5.41, 5.74) is 1.14. The number of hydrogen-bond acceptors (Lipinski definition) is 4. The largest absolute Gasteiger partial charge is 0.367 e. The zero-order valence-electron chi connectivity index (χ0n) is 13.6. The van der Waals surface area contributed by atoms with E-state index in [1.807, 2.05) is 11.0 Å². The van der Waals surface area contributed by atoms with Crippen molar-refractivity contribution >= 4 is 17.4 Å². The Morgan fingerprint density at radius 1 is 1.29 bits per heavy atom. The number of carbonyl (C=O) groups is 1. The standard InChI is InChI=1S/C18H21FN4O/c1-20-18(24)14-7-4-10-21-17(14)22-13-6-5-11-23(12-13)16-9-3-2-8-15(16)19/h2-4,7-10,13H,5-6,11-12H2,1H3,(H,20,24)(H,21,22). The fourth-order valence-electron chi connectivity index (χ4n) is 3.05. The molecular formula is C18H21FN4O. The summed E-state index contributed by atoms with van der Waals surface area (Å²) in [6.45, 7) is 1.49. The quantitative estimate of drug-likeness (QED) is 0.906. The Kier molecular flexibility index (Phi) is 4.93. The normalized spacial score (nSPS) is 17.4. The fraction of sp³-hybridized carbons (Fsp3) is 0.333. The maximum Gasteiger partial charge on any atom is 0.254 e. The van der Waals surface area contributed by atoms with Crippen LogP contribution in [-0.4, -0.2) is 37.1 Å². The van der Waals surface area contributed by atoms with Gasteiger partial charge in [0.15, 0.2) is 0 Å². The summed E-state index contributed by atoms with van der Waals surface area (Å²) >= 11 is 0. The van der Waals surface area contributed by atoms with Crippen molar-refractivity contribution in [3.8, 4) is 0 Å². The molecule has 0 saturated carbocycles. The lowest BCUT2D eigenvalue weighted by molar-refractivity contribution is 0.0963. The van der Waals surface area contributed by atoms with Gasteiger partial charge in [0.25, 0.3) is 5.91 Å². The molecule has 0 radical (unpaired) electrons.